The van der Waals surface area contributed by atoms with E-state index >= 15 is 0 Å². The van der Waals surface area contributed by atoms with E-state index in [1.54, 1.807) is 6.08 Å². The van der Waals surface area contributed by atoms with Gasteiger partial charge in [0.1, 0.15) is 24.4 Å². The van der Waals surface area contributed by atoms with E-state index in [-0.39, 0.29) is 12.5 Å². The van der Waals surface area contributed by atoms with E-state index in [0.717, 1.165) is 83.5 Å². The molecule has 1 fully saturated rings. The maximum Gasteiger partial charge on any atom is 0.220 e. The summed E-state index contributed by atoms with van der Waals surface area (Å²) < 4.78 is 11.3. The molecule has 7 atom stereocenters. The maximum absolute atomic E-state index is 13.1. The summed E-state index contributed by atoms with van der Waals surface area (Å²) in [4.78, 5) is 13.1. The molecular formula is C61H107NO8. The predicted octanol–water partition coefficient (Wildman–Crippen LogP) is 14.2. The van der Waals surface area contributed by atoms with Crippen molar-refractivity contribution in [1.29, 1.82) is 0 Å². The van der Waals surface area contributed by atoms with Gasteiger partial charge in [-0.25, -0.2) is 0 Å². The van der Waals surface area contributed by atoms with Gasteiger partial charge in [0.25, 0.3) is 0 Å². The van der Waals surface area contributed by atoms with Crippen LogP contribution in [0.15, 0.2) is 85.1 Å². The second-order valence-electron chi connectivity index (χ2n) is 19.7. The van der Waals surface area contributed by atoms with E-state index in [4.69, 9.17) is 9.47 Å². The van der Waals surface area contributed by atoms with Crippen molar-refractivity contribution in [1.82, 2.24) is 5.32 Å². The van der Waals surface area contributed by atoms with Crippen LogP contribution in [0.1, 0.15) is 239 Å². The van der Waals surface area contributed by atoms with Gasteiger partial charge in [-0.3, -0.25) is 4.79 Å². The summed E-state index contributed by atoms with van der Waals surface area (Å²) in [6.07, 6.45) is 63.6. The quantitative estimate of drug-likeness (QED) is 0.0261. The number of ether oxygens (including phenoxy) is 2. The first-order chi connectivity index (χ1) is 34.3. The number of allylic oxidation sites excluding steroid dienone is 13. The Morgan fingerprint density at radius 2 is 0.900 bits per heavy atom. The van der Waals surface area contributed by atoms with E-state index < -0.39 is 49.5 Å². The average molecular weight is 983 g/mol. The molecule has 0 aromatic heterocycles. The van der Waals surface area contributed by atoms with E-state index in [2.05, 4.69) is 92.1 Å². The number of nitrogens with one attached hydrogen (secondary N) is 1. The highest BCUT2D eigenvalue weighted by Crippen LogP contribution is 2.23. The average Bonchev–Trinajstić information content (AvgIpc) is 3.36. The third-order valence-corrected chi connectivity index (χ3v) is 13.2. The normalized spacial score (nSPS) is 20.0. The lowest BCUT2D eigenvalue weighted by atomic mass is 9.99. The molecule has 0 saturated carbocycles. The molecule has 404 valence electrons. The Balaban J connectivity index is 2.27. The van der Waals surface area contributed by atoms with Gasteiger partial charge < -0.3 is 40.3 Å². The number of carbonyl (C=O) groups is 1. The van der Waals surface area contributed by atoms with Crippen LogP contribution < -0.4 is 5.32 Å². The van der Waals surface area contributed by atoms with E-state index in [0.29, 0.717) is 6.42 Å². The first kappa shape index (κ1) is 65.4. The molecule has 1 rings (SSSR count). The van der Waals surface area contributed by atoms with Crippen LogP contribution in [0.5, 0.6) is 0 Å². The highest BCUT2D eigenvalue weighted by molar-refractivity contribution is 5.76. The fourth-order valence-electron chi connectivity index (χ4n) is 8.67. The number of rotatable bonds is 48. The standard InChI is InChI=1S/C61H107NO8/c1-3-5-7-9-11-13-15-17-19-21-23-25-27-28-29-31-33-35-37-39-41-43-45-47-49-51-57(65)62-54(53-69-61-60(68)59(67)58(66)56(52-63)70-61)55(64)50-48-46-44-42-40-38-36-34-32-30-26-24-22-20-18-16-14-12-10-8-6-4-2/h5,7,11,13,17,19,23,25,28-29,40,42,48,50,54-56,58-61,63-64,66-68H,3-4,6,8-10,12,14-16,18,20-22,24,26-27,30-39,41,43-47,49,51-53H2,1-2H3,(H,62,65)/b7-5-,13-11-,19-17-,25-23-,29-28-,42-40+,50-48+. The number of aliphatic hydroxyl groups is 5. The minimum Gasteiger partial charge on any atom is -0.394 e. The van der Waals surface area contributed by atoms with Crippen LogP contribution in [0.25, 0.3) is 0 Å². The Morgan fingerprint density at radius 1 is 0.500 bits per heavy atom. The Bertz CT molecular complexity index is 1370. The molecule has 0 aliphatic carbocycles. The van der Waals surface area contributed by atoms with E-state index in [1.807, 2.05) is 6.08 Å². The van der Waals surface area contributed by atoms with Crippen LogP contribution in [0.2, 0.25) is 0 Å². The fourth-order valence-corrected chi connectivity index (χ4v) is 8.67. The molecule has 70 heavy (non-hydrogen) atoms. The lowest BCUT2D eigenvalue weighted by molar-refractivity contribution is -0.302. The van der Waals surface area contributed by atoms with Crippen molar-refractivity contribution in [2.45, 2.75) is 281 Å². The van der Waals surface area contributed by atoms with Crippen molar-refractivity contribution < 1.29 is 39.8 Å². The van der Waals surface area contributed by atoms with E-state index in [1.165, 1.54) is 135 Å². The molecule has 1 amide bonds. The highest BCUT2D eigenvalue weighted by atomic mass is 16.7. The summed E-state index contributed by atoms with van der Waals surface area (Å²) in [6.45, 7) is 3.66. The van der Waals surface area contributed by atoms with Gasteiger partial charge in [-0.05, 0) is 77.0 Å². The number of unbranched alkanes of at least 4 members (excludes halogenated alkanes) is 26. The maximum atomic E-state index is 13.1. The van der Waals surface area contributed by atoms with Crippen LogP contribution in [0.4, 0.5) is 0 Å². The number of hydrogen-bond acceptors (Lipinski definition) is 8. The van der Waals surface area contributed by atoms with Gasteiger partial charge in [0.2, 0.25) is 5.91 Å². The molecule has 1 aliphatic heterocycles. The Morgan fingerprint density at radius 3 is 1.37 bits per heavy atom. The Labute approximate surface area is 429 Å². The van der Waals surface area contributed by atoms with Gasteiger partial charge in [-0.1, -0.05) is 240 Å². The Hall–Kier alpha value is -2.63. The molecule has 1 heterocycles. The van der Waals surface area contributed by atoms with Crippen molar-refractivity contribution >= 4 is 5.91 Å². The molecule has 7 unspecified atom stereocenters. The molecule has 9 heteroatoms. The van der Waals surface area contributed by atoms with Gasteiger partial charge in [0.05, 0.1) is 25.4 Å². The first-order valence-electron chi connectivity index (χ1n) is 28.8. The van der Waals surface area contributed by atoms with Crippen molar-refractivity contribution in [2.75, 3.05) is 13.2 Å². The predicted molar refractivity (Wildman–Crippen MR) is 295 cm³/mol. The summed E-state index contributed by atoms with van der Waals surface area (Å²) in [5, 5.41) is 54.5. The SMILES string of the molecule is CC/C=C\C/C=C\C/C=C\C/C=C\C/C=C\CCCCCCCCCCCC(=O)NC(COC1OC(CO)C(O)C(O)C1O)C(O)/C=C/CC/C=C/CCCCCCCCCCCCCCCCCC. The summed E-state index contributed by atoms with van der Waals surface area (Å²) >= 11 is 0. The largest absolute Gasteiger partial charge is 0.394 e. The third-order valence-electron chi connectivity index (χ3n) is 13.2. The zero-order valence-corrected chi connectivity index (χ0v) is 44.7. The monoisotopic (exact) mass is 982 g/mol. The summed E-state index contributed by atoms with van der Waals surface area (Å²) in [5.74, 6) is -0.195. The Kier molecular flexibility index (Phi) is 46.6. The van der Waals surface area contributed by atoms with Crippen LogP contribution >= 0.6 is 0 Å². The zero-order chi connectivity index (χ0) is 50.8. The molecule has 1 saturated heterocycles. The molecule has 6 N–H and O–H groups in total. The highest BCUT2D eigenvalue weighted by Gasteiger charge is 2.44. The summed E-state index contributed by atoms with van der Waals surface area (Å²) in [5.41, 5.74) is 0. The summed E-state index contributed by atoms with van der Waals surface area (Å²) in [7, 11) is 0. The molecule has 1 aliphatic rings. The first-order valence-corrected chi connectivity index (χ1v) is 28.8. The van der Waals surface area contributed by atoms with Crippen molar-refractivity contribution in [3.05, 3.63) is 85.1 Å². The van der Waals surface area contributed by atoms with Gasteiger partial charge >= 0.3 is 0 Å². The number of carbonyl (C=O) groups excluding carboxylic acids is 1. The molecule has 0 aromatic rings. The number of amides is 1. The van der Waals surface area contributed by atoms with Crippen LogP contribution in [0, 0.1) is 0 Å². The molecule has 0 spiro atoms. The smallest absolute Gasteiger partial charge is 0.220 e. The van der Waals surface area contributed by atoms with Crippen LogP contribution in [0.3, 0.4) is 0 Å². The zero-order valence-electron chi connectivity index (χ0n) is 44.7. The topological polar surface area (TPSA) is 149 Å². The minimum atomic E-state index is -1.58. The van der Waals surface area contributed by atoms with E-state index in [9.17, 15) is 30.3 Å². The molecule has 0 bridgehead atoms. The lowest BCUT2D eigenvalue weighted by Crippen LogP contribution is -2.60. The number of aliphatic hydroxyl groups excluding tert-OH is 5. The lowest BCUT2D eigenvalue weighted by Gasteiger charge is -2.40. The third kappa shape index (κ3) is 39.0. The number of hydrogen-bond donors (Lipinski definition) is 6. The van der Waals surface area contributed by atoms with Crippen molar-refractivity contribution in [3.63, 3.8) is 0 Å². The molecule has 9 nitrogen and oxygen atoms in total. The van der Waals surface area contributed by atoms with Gasteiger partial charge in [-0.15, -0.1) is 0 Å². The van der Waals surface area contributed by atoms with Crippen LogP contribution in [-0.2, 0) is 14.3 Å². The second kappa shape index (κ2) is 49.9. The van der Waals surface area contributed by atoms with Crippen molar-refractivity contribution in [3.8, 4) is 0 Å². The molecular weight excluding hydrogens is 875 g/mol. The molecule has 0 aromatic carbocycles. The summed E-state index contributed by atoms with van der Waals surface area (Å²) in [6, 6.07) is -0.831. The minimum absolute atomic E-state index is 0.195. The van der Waals surface area contributed by atoms with Crippen molar-refractivity contribution in [2.24, 2.45) is 0 Å². The van der Waals surface area contributed by atoms with Gasteiger partial charge in [0.15, 0.2) is 6.29 Å². The second-order valence-corrected chi connectivity index (χ2v) is 19.7. The molecule has 0 radical (unpaired) electrons. The van der Waals surface area contributed by atoms with Gasteiger partial charge in [0, 0.05) is 6.42 Å². The van der Waals surface area contributed by atoms with Crippen LogP contribution in [-0.4, -0.2) is 87.5 Å². The van der Waals surface area contributed by atoms with Gasteiger partial charge in [-0.2, -0.15) is 0 Å². The fraction of sp³-hybridized carbons (Fsp3) is 0.754.